The minimum Gasteiger partial charge on any atom is -0.493 e. The lowest BCUT2D eigenvalue weighted by Gasteiger charge is -2.56. The monoisotopic (exact) mass is 358 g/mol. The van der Waals surface area contributed by atoms with E-state index in [0.717, 1.165) is 37.3 Å². The zero-order valence-electron chi connectivity index (χ0n) is 16.5. The fourth-order valence-corrected chi connectivity index (χ4v) is 5.90. The third kappa shape index (κ3) is 2.29. The van der Waals surface area contributed by atoms with Gasteiger partial charge in [0.1, 0.15) is 6.10 Å². The minimum atomic E-state index is -0.0503. The lowest BCUT2D eigenvalue weighted by atomic mass is 9.54. The van der Waals surface area contributed by atoms with Crippen LogP contribution in [0.15, 0.2) is 12.1 Å². The van der Waals surface area contributed by atoms with Gasteiger partial charge in [0.2, 0.25) is 5.91 Å². The van der Waals surface area contributed by atoms with E-state index in [4.69, 9.17) is 9.47 Å². The second-order valence-electron chi connectivity index (χ2n) is 8.33. The average Bonchev–Trinajstić information content (AvgIpc) is 2.95. The molecule has 1 unspecified atom stereocenters. The van der Waals surface area contributed by atoms with Crippen LogP contribution in [0.1, 0.15) is 44.2 Å². The molecule has 3 aliphatic rings. The summed E-state index contributed by atoms with van der Waals surface area (Å²) in [7, 11) is 3.93. The topological polar surface area (TPSA) is 50.8 Å². The van der Waals surface area contributed by atoms with E-state index >= 15 is 0 Å². The molecule has 2 aliphatic heterocycles. The molecule has 1 saturated carbocycles. The number of rotatable bonds is 2. The van der Waals surface area contributed by atoms with E-state index in [9.17, 15) is 4.79 Å². The van der Waals surface area contributed by atoms with Crippen LogP contribution in [-0.2, 0) is 10.2 Å². The van der Waals surface area contributed by atoms with Gasteiger partial charge in [-0.2, -0.15) is 0 Å². The lowest BCUT2D eigenvalue weighted by Crippen LogP contribution is -2.65. The number of amides is 1. The molecule has 1 spiro atoms. The van der Waals surface area contributed by atoms with Crippen LogP contribution in [0, 0.1) is 12.8 Å². The van der Waals surface area contributed by atoms with Crippen LogP contribution in [0.25, 0.3) is 0 Å². The molecule has 26 heavy (non-hydrogen) atoms. The van der Waals surface area contributed by atoms with Crippen LogP contribution in [0.4, 0.5) is 0 Å². The zero-order chi connectivity index (χ0) is 18.6. The van der Waals surface area contributed by atoms with Crippen molar-refractivity contribution >= 4 is 5.91 Å². The quantitative estimate of drug-likeness (QED) is 0.883. The SMILES string of the molecule is COc1ccc(C)c2c1O[C@H]1[C@H](NC(C)=O)CCC3[C@@H](C)N(C)CC[C@@]231. The van der Waals surface area contributed by atoms with Crippen LogP contribution in [0.5, 0.6) is 11.5 Å². The molecule has 1 aromatic carbocycles. The van der Waals surface area contributed by atoms with Crippen molar-refractivity contribution in [2.75, 3.05) is 20.7 Å². The molecule has 2 fully saturated rings. The van der Waals surface area contributed by atoms with Gasteiger partial charge in [0, 0.05) is 23.9 Å². The molecule has 0 aromatic heterocycles. The molecule has 0 bridgehead atoms. The Kier molecular flexibility index (Phi) is 4.18. The molecule has 1 aliphatic carbocycles. The number of aryl methyl sites for hydroxylation is 1. The zero-order valence-corrected chi connectivity index (χ0v) is 16.5. The predicted octanol–water partition coefficient (Wildman–Crippen LogP) is 2.64. The Bertz CT molecular complexity index is 734. The molecule has 142 valence electrons. The lowest BCUT2D eigenvalue weighted by molar-refractivity contribution is -0.122. The molecule has 5 atom stereocenters. The summed E-state index contributed by atoms with van der Waals surface area (Å²) in [4.78, 5) is 14.3. The fraction of sp³-hybridized carbons (Fsp3) is 0.667. The summed E-state index contributed by atoms with van der Waals surface area (Å²) < 4.78 is 12.2. The Morgan fingerprint density at radius 2 is 2.15 bits per heavy atom. The molecule has 1 saturated heterocycles. The van der Waals surface area contributed by atoms with Crippen molar-refractivity contribution in [3.05, 3.63) is 23.3 Å². The number of carbonyl (C=O) groups excluding carboxylic acids is 1. The smallest absolute Gasteiger partial charge is 0.217 e. The number of nitrogens with one attached hydrogen (secondary N) is 1. The summed E-state index contributed by atoms with van der Waals surface area (Å²) in [5.74, 6) is 2.24. The first-order chi connectivity index (χ1) is 12.4. The molecule has 1 N–H and O–H groups in total. The molecule has 0 radical (unpaired) electrons. The molecule has 5 heteroatoms. The van der Waals surface area contributed by atoms with E-state index in [1.807, 2.05) is 6.07 Å². The van der Waals surface area contributed by atoms with Crippen molar-refractivity contribution in [1.82, 2.24) is 10.2 Å². The number of hydrogen-bond donors (Lipinski definition) is 1. The number of nitrogens with zero attached hydrogens (tertiary/aromatic N) is 1. The Balaban J connectivity index is 1.89. The number of ether oxygens (including phenoxy) is 2. The molecule has 1 aromatic rings. The van der Waals surface area contributed by atoms with Crippen molar-refractivity contribution in [3.63, 3.8) is 0 Å². The summed E-state index contributed by atoms with van der Waals surface area (Å²) in [5.41, 5.74) is 2.54. The van der Waals surface area contributed by atoms with Crippen LogP contribution < -0.4 is 14.8 Å². The highest BCUT2D eigenvalue weighted by Crippen LogP contribution is 2.60. The maximum absolute atomic E-state index is 11.8. The highest BCUT2D eigenvalue weighted by molar-refractivity contribution is 5.73. The predicted molar refractivity (Wildman–Crippen MR) is 101 cm³/mol. The van der Waals surface area contributed by atoms with Crippen molar-refractivity contribution in [3.8, 4) is 11.5 Å². The summed E-state index contributed by atoms with van der Waals surface area (Å²) >= 11 is 0. The number of methoxy groups -OCH3 is 1. The first-order valence-corrected chi connectivity index (χ1v) is 9.72. The molecular formula is C21H30N2O3. The maximum Gasteiger partial charge on any atom is 0.217 e. The Labute approximate surface area is 156 Å². The van der Waals surface area contributed by atoms with Crippen LogP contribution >= 0.6 is 0 Å². The van der Waals surface area contributed by atoms with Gasteiger partial charge in [-0.25, -0.2) is 0 Å². The van der Waals surface area contributed by atoms with Gasteiger partial charge in [0.25, 0.3) is 0 Å². The van der Waals surface area contributed by atoms with Gasteiger partial charge in [0.15, 0.2) is 11.5 Å². The third-order valence-electron chi connectivity index (χ3n) is 7.13. The van der Waals surface area contributed by atoms with Gasteiger partial charge in [-0.15, -0.1) is 0 Å². The standard InChI is InChI=1S/C21H30N2O3/c1-12-6-9-17(25-5)19-18(12)21-10-11-23(4)13(2)15(21)7-8-16(20(21)26-19)22-14(3)24/h6,9,13,15-16,20H,7-8,10-11H2,1-5H3,(H,22,24)/t13-,15?,16-,20+,21+/m1/s1. The van der Waals surface area contributed by atoms with E-state index < -0.39 is 0 Å². The second-order valence-corrected chi connectivity index (χ2v) is 8.33. The Morgan fingerprint density at radius 1 is 1.38 bits per heavy atom. The first-order valence-electron chi connectivity index (χ1n) is 9.72. The van der Waals surface area contributed by atoms with Gasteiger partial charge in [-0.05, 0) is 64.3 Å². The van der Waals surface area contributed by atoms with Crippen molar-refractivity contribution in [1.29, 1.82) is 0 Å². The van der Waals surface area contributed by atoms with E-state index in [2.05, 4.69) is 37.2 Å². The van der Waals surface area contributed by atoms with Crippen LogP contribution in [-0.4, -0.2) is 49.7 Å². The van der Waals surface area contributed by atoms with Crippen molar-refractivity contribution in [2.24, 2.45) is 5.92 Å². The average molecular weight is 358 g/mol. The summed E-state index contributed by atoms with van der Waals surface area (Å²) in [6, 6.07) is 4.70. The van der Waals surface area contributed by atoms with E-state index in [-0.39, 0.29) is 23.5 Å². The van der Waals surface area contributed by atoms with Gasteiger partial charge >= 0.3 is 0 Å². The van der Waals surface area contributed by atoms with Gasteiger partial charge < -0.3 is 19.7 Å². The van der Waals surface area contributed by atoms with Gasteiger partial charge in [-0.3, -0.25) is 4.79 Å². The molecular weight excluding hydrogens is 328 g/mol. The normalized spacial score (nSPS) is 35.7. The third-order valence-corrected chi connectivity index (χ3v) is 7.13. The number of hydrogen-bond acceptors (Lipinski definition) is 4. The molecule has 1 amide bonds. The Morgan fingerprint density at radius 3 is 2.85 bits per heavy atom. The Hall–Kier alpha value is -1.75. The summed E-state index contributed by atoms with van der Waals surface area (Å²) in [6.45, 7) is 7.17. The van der Waals surface area contributed by atoms with E-state index in [0.29, 0.717) is 12.0 Å². The number of likely N-dealkylation sites (tertiary alicyclic amines) is 1. The van der Waals surface area contributed by atoms with Crippen LogP contribution in [0.3, 0.4) is 0 Å². The fourth-order valence-electron chi connectivity index (χ4n) is 5.90. The number of benzene rings is 1. The van der Waals surface area contributed by atoms with E-state index in [1.165, 1.54) is 11.1 Å². The largest absolute Gasteiger partial charge is 0.493 e. The highest BCUT2D eigenvalue weighted by atomic mass is 16.5. The van der Waals surface area contributed by atoms with Crippen molar-refractivity contribution in [2.45, 2.75) is 63.6 Å². The molecule has 4 rings (SSSR count). The van der Waals surface area contributed by atoms with Gasteiger partial charge in [0.05, 0.1) is 13.2 Å². The van der Waals surface area contributed by atoms with Gasteiger partial charge in [-0.1, -0.05) is 6.07 Å². The highest BCUT2D eigenvalue weighted by Gasteiger charge is 2.62. The summed E-state index contributed by atoms with van der Waals surface area (Å²) in [6.07, 6.45) is 3.10. The van der Waals surface area contributed by atoms with Crippen molar-refractivity contribution < 1.29 is 14.3 Å². The first kappa shape index (κ1) is 17.7. The maximum atomic E-state index is 11.8. The second kappa shape index (κ2) is 6.15. The summed E-state index contributed by atoms with van der Waals surface area (Å²) in [5, 5.41) is 3.18. The minimum absolute atomic E-state index is 0.0211. The van der Waals surface area contributed by atoms with Crippen LogP contribution in [0.2, 0.25) is 0 Å². The number of fused-ring (bicyclic) bond motifs is 1. The molecule has 5 nitrogen and oxygen atoms in total. The number of carbonyl (C=O) groups is 1. The van der Waals surface area contributed by atoms with E-state index in [1.54, 1.807) is 14.0 Å². The number of piperidine rings is 1. The molecule has 2 heterocycles.